The van der Waals surface area contributed by atoms with Gasteiger partial charge in [0.15, 0.2) is 10.3 Å². The van der Waals surface area contributed by atoms with Crippen molar-refractivity contribution < 1.29 is 0 Å². The standard InChI is InChI=1S/C11H15N7OS/c1-5(2)18-10(19)16-17-11(18)20-9-14-6(3)4-7(15-9)8(12)13/h4-5H,1-3H3,(H3,12,13)(H,16,19). The molecular formula is C11H15N7OS. The van der Waals surface area contributed by atoms with E-state index in [-0.39, 0.29) is 17.6 Å². The van der Waals surface area contributed by atoms with Crippen molar-refractivity contribution in [2.45, 2.75) is 37.1 Å². The van der Waals surface area contributed by atoms with E-state index in [9.17, 15) is 4.79 Å². The van der Waals surface area contributed by atoms with Gasteiger partial charge in [-0.2, -0.15) is 0 Å². The van der Waals surface area contributed by atoms with Gasteiger partial charge >= 0.3 is 5.69 Å². The topological polar surface area (TPSA) is 126 Å². The van der Waals surface area contributed by atoms with Crippen molar-refractivity contribution in [3.05, 3.63) is 27.9 Å². The van der Waals surface area contributed by atoms with E-state index in [1.165, 1.54) is 4.57 Å². The second-order valence-corrected chi connectivity index (χ2v) is 5.40. The number of hydrogen-bond donors (Lipinski definition) is 3. The molecule has 0 aliphatic heterocycles. The molecule has 0 bridgehead atoms. The molecule has 0 fully saturated rings. The lowest BCUT2D eigenvalue weighted by atomic mass is 10.3. The Bertz CT molecular complexity index is 703. The fourth-order valence-electron chi connectivity index (χ4n) is 1.62. The van der Waals surface area contributed by atoms with Crippen molar-refractivity contribution in [1.29, 1.82) is 5.41 Å². The molecule has 4 N–H and O–H groups in total. The van der Waals surface area contributed by atoms with E-state index in [1.54, 1.807) is 13.0 Å². The normalized spacial score (nSPS) is 11.0. The fraction of sp³-hybridized carbons (Fsp3) is 0.364. The third kappa shape index (κ3) is 2.87. The lowest BCUT2D eigenvalue weighted by molar-refractivity contribution is 0.533. The molecule has 2 heterocycles. The molecule has 0 aliphatic carbocycles. The summed E-state index contributed by atoms with van der Waals surface area (Å²) in [6, 6.07) is 1.60. The quantitative estimate of drug-likeness (QED) is 0.432. The maximum absolute atomic E-state index is 11.7. The van der Waals surface area contributed by atoms with Gasteiger partial charge in [0.05, 0.1) is 0 Å². The summed E-state index contributed by atoms with van der Waals surface area (Å²) in [7, 11) is 0. The summed E-state index contributed by atoms with van der Waals surface area (Å²) < 4.78 is 1.52. The van der Waals surface area contributed by atoms with Gasteiger partial charge in [0.25, 0.3) is 0 Å². The number of H-pyrrole nitrogens is 1. The average molecular weight is 293 g/mol. The van der Waals surface area contributed by atoms with Gasteiger partial charge in [0.2, 0.25) is 0 Å². The highest BCUT2D eigenvalue weighted by atomic mass is 32.2. The molecule has 106 valence electrons. The summed E-state index contributed by atoms with van der Waals surface area (Å²) in [5, 5.41) is 14.7. The van der Waals surface area contributed by atoms with Crippen molar-refractivity contribution in [3.8, 4) is 0 Å². The number of aromatic amines is 1. The number of aryl methyl sites for hydroxylation is 1. The van der Waals surface area contributed by atoms with Crippen molar-refractivity contribution in [1.82, 2.24) is 24.7 Å². The van der Waals surface area contributed by atoms with Crippen molar-refractivity contribution in [2.24, 2.45) is 5.73 Å². The molecule has 2 aromatic rings. The van der Waals surface area contributed by atoms with Crippen LogP contribution in [0.4, 0.5) is 0 Å². The van der Waals surface area contributed by atoms with Crippen molar-refractivity contribution in [2.75, 3.05) is 0 Å². The zero-order valence-electron chi connectivity index (χ0n) is 11.3. The number of nitrogens with zero attached hydrogens (tertiary/aromatic N) is 4. The molecule has 0 unspecified atom stereocenters. The van der Waals surface area contributed by atoms with Gasteiger partial charge in [0.1, 0.15) is 11.5 Å². The predicted octanol–water partition coefficient (Wildman–Crippen LogP) is 0.686. The molecule has 0 radical (unpaired) electrons. The summed E-state index contributed by atoms with van der Waals surface area (Å²) in [6.45, 7) is 5.57. The molecule has 2 rings (SSSR count). The molecule has 0 aromatic carbocycles. The predicted molar refractivity (Wildman–Crippen MR) is 75.1 cm³/mol. The Balaban J connectivity index is 2.40. The smallest absolute Gasteiger partial charge is 0.344 e. The molecule has 0 spiro atoms. The summed E-state index contributed by atoms with van der Waals surface area (Å²) in [5.41, 5.74) is 6.21. The molecule has 0 aliphatic rings. The zero-order chi connectivity index (χ0) is 14.9. The number of rotatable bonds is 4. The summed E-state index contributed by atoms with van der Waals surface area (Å²) >= 11 is 1.16. The van der Waals surface area contributed by atoms with E-state index in [0.717, 1.165) is 11.8 Å². The van der Waals surface area contributed by atoms with Crippen LogP contribution in [-0.2, 0) is 0 Å². The van der Waals surface area contributed by atoms with Crippen LogP contribution in [0.3, 0.4) is 0 Å². The van der Waals surface area contributed by atoms with Crippen LogP contribution in [0.2, 0.25) is 0 Å². The molecule has 0 amide bonds. The first-order chi connectivity index (χ1) is 9.38. The van der Waals surface area contributed by atoms with Gasteiger partial charge in [-0.1, -0.05) is 0 Å². The maximum Gasteiger partial charge on any atom is 0.344 e. The van der Waals surface area contributed by atoms with E-state index >= 15 is 0 Å². The Kier molecular flexibility index (Phi) is 3.89. The second-order valence-electron chi connectivity index (χ2n) is 4.47. The van der Waals surface area contributed by atoms with E-state index in [1.807, 2.05) is 13.8 Å². The summed E-state index contributed by atoms with van der Waals surface area (Å²) in [5.74, 6) is -0.124. The van der Waals surface area contributed by atoms with Crippen LogP contribution >= 0.6 is 11.8 Å². The average Bonchev–Trinajstić information content (AvgIpc) is 2.69. The molecule has 8 nitrogen and oxygen atoms in total. The Labute approximate surface area is 119 Å². The number of nitrogen functional groups attached to an aromatic ring is 1. The van der Waals surface area contributed by atoms with Gasteiger partial charge in [-0.25, -0.2) is 19.9 Å². The van der Waals surface area contributed by atoms with E-state index in [2.05, 4.69) is 20.2 Å². The number of amidine groups is 1. The molecule has 20 heavy (non-hydrogen) atoms. The van der Waals surface area contributed by atoms with Crippen LogP contribution in [0.15, 0.2) is 21.2 Å². The van der Waals surface area contributed by atoms with Gasteiger partial charge in [-0.15, -0.1) is 5.10 Å². The Morgan fingerprint density at radius 3 is 2.80 bits per heavy atom. The van der Waals surface area contributed by atoms with Crippen LogP contribution < -0.4 is 11.4 Å². The highest BCUT2D eigenvalue weighted by molar-refractivity contribution is 7.99. The number of nitrogens with one attached hydrogen (secondary N) is 2. The highest BCUT2D eigenvalue weighted by Gasteiger charge is 2.15. The Morgan fingerprint density at radius 2 is 2.20 bits per heavy atom. The molecule has 9 heteroatoms. The van der Waals surface area contributed by atoms with Crippen LogP contribution in [0.5, 0.6) is 0 Å². The zero-order valence-corrected chi connectivity index (χ0v) is 12.2. The lowest BCUT2D eigenvalue weighted by Gasteiger charge is -2.08. The van der Waals surface area contributed by atoms with E-state index in [0.29, 0.717) is 21.7 Å². The van der Waals surface area contributed by atoms with E-state index < -0.39 is 0 Å². The first-order valence-corrected chi connectivity index (χ1v) is 6.75. The number of nitrogens with two attached hydrogens (primary N) is 1. The van der Waals surface area contributed by atoms with Crippen molar-refractivity contribution >= 4 is 17.6 Å². The third-order valence-corrected chi connectivity index (χ3v) is 3.32. The van der Waals surface area contributed by atoms with Crippen LogP contribution in [0, 0.1) is 12.3 Å². The minimum Gasteiger partial charge on any atom is -0.382 e. The summed E-state index contributed by atoms with van der Waals surface area (Å²) in [4.78, 5) is 20.1. The first kappa shape index (κ1) is 14.3. The molecule has 0 saturated heterocycles. The van der Waals surface area contributed by atoms with Crippen molar-refractivity contribution in [3.63, 3.8) is 0 Å². The summed E-state index contributed by atoms with van der Waals surface area (Å²) in [6.07, 6.45) is 0. The maximum atomic E-state index is 11.7. The monoisotopic (exact) mass is 293 g/mol. The van der Waals surface area contributed by atoms with Crippen LogP contribution in [0.1, 0.15) is 31.3 Å². The second kappa shape index (κ2) is 5.45. The highest BCUT2D eigenvalue weighted by Crippen LogP contribution is 2.23. The van der Waals surface area contributed by atoms with Crippen LogP contribution in [0.25, 0.3) is 0 Å². The molecule has 2 aromatic heterocycles. The number of aromatic nitrogens is 5. The third-order valence-electron chi connectivity index (χ3n) is 2.48. The minimum absolute atomic E-state index is 0.0270. The first-order valence-electron chi connectivity index (χ1n) is 5.93. The molecule has 0 atom stereocenters. The van der Waals surface area contributed by atoms with Gasteiger partial charge < -0.3 is 5.73 Å². The SMILES string of the molecule is Cc1cc(C(=N)N)nc(Sc2n[nH]c(=O)n2C(C)C)n1. The largest absolute Gasteiger partial charge is 0.382 e. The molecular weight excluding hydrogens is 278 g/mol. The Hall–Kier alpha value is -2.16. The number of hydrogen-bond acceptors (Lipinski definition) is 6. The Morgan fingerprint density at radius 1 is 1.50 bits per heavy atom. The molecule has 0 saturated carbocycles. The fourth-order valence-corrected chi connectivity index (χ4v) is 2.60. The minimum atomic E-state index is -0.276. The lowest BCUT2D eigenvalue weighted by Crippen LogP contribution is -2.19. The van der Waals surface area contributed by atoms with Gasteiger partial charge in [-0.3, -0.25) is 9.98 Å². The van der Waals surface area contributed by atoms with Crippen LogP contribution in [-0.4, -0.2) is 30.6 Å². The van der Waals surface area contributed by atoms with Gasteiger partial charge in [-0.05, 0) is 38.6 Å². The van der Waals surface area contributed by atoms with E-state index in [4.69, 9.17) is 11.1 Å². The van der Waals surface area contributed by atoms with Gasteiger partial charge in [0, 0.05) is 11.7 Å².